The fourth-order valence-corrected chi connectivity index (χ4v) is 1.75. The second kappa shape index (κ2) is 7.14. The van der Waals surface area contributed by atoms with Crippen LogP contribution in [0, 0.1) is 0 Å². The minimum absolute atomic E-state index is 0.476. The summed E-state index contributed by atoms with van der Waals surface area (Å²) in [5.74, 6) is 0.476. The Kier molecular flexibility index (Phi) is 4.98. The monoisotopic (exact) mass is 283 g/mol. The van der Waals surface area contributed by atoms with Crippen molar-refractivity contribution in [3.8, 4) is 17.3 Å². The smallest absolute Gasteiger partial charge is 0.233 e. The van der Waals surface area contributed by atoms with Crippen LogP contribution in [0.25, 0.3) is 11.4 Å². The third-order valence-electron chi connectivity index (χ3n) is 2.81. The predicted molar refractivity (Wildman–Crippen MR) is 82.7 cm³/mol. The number of ether oxygens (including phenoxy) is 1. The Bertz CT molecular complexity index is 650. The van der Waals surface area contributed by atoms with Crippen molar-refractivity contribution in [3.05, 3.63) is 42.2 Å². The number of nitrogens with zero attached hydrogens (tertiary/aromatic N) is 4. The molecule has 0 aromatic carbocycles. The summed E-state index contributed by atoms with van der Waals surface area (Å²) in [7, 11) is 1.56. The maximum atomic E-state index is 5.27. The van der Waals surface area contributed by atoms with Crippen LogP contribution in [0.5, 0.6) is 5.88 Å². The van der Waals surface area contributed by atoms with Crippen LogP contribution in [0.2, 0.25) is 0 Å². The number of methoxy groups -OCH3 is 1. The first kappa shape index (κ1) is 14.6. The SMILES string of the molecule is CCc1nc(-c2ccc(OC)nn2)ccc1N=C/C=C\N. The molecule has 2 rings (SSSR count). The molecule has 6 nitrogen and oxygen atoms in total. The van der Waals surface area contributed by atoms with Gasteiger partial charge in [-0.15, -0.1) is 10.2 Å². The van der Waals surface area contributed by atoms with Gasteiger partial charge < -0.3 is 10.5 Å². The zero-order chi connectivity index (χ0) is 15.1. The van der Waals surface area contributed by atoms with E-state index in [9.17, 15) is 0 Å². The molecule has 0 atom stereocenters. The van der Waals surface area contributed by atoms with Crippen molar-refractivity contribution < 1.29 is 4.74 Å². The summed E-state index contributed by atoms with van der Waals surface area (Å²) < 4.78 is 4.99. The van der Waals surface area contributed by atoms with E-state index in [1.54, 1.807) is 25.5 Å². The molecule has 21 heavy (non-hydrogen) atoms. The van der Waals surface area contributed by atoms with Crippen LogP contribution in [0.15, 0.2) is 41.5 Å². The lowest BCUT2D eigenvalue weighted by molar-refractivity contribution is 0.392. The number of pyridine rings is 1. The van der Waals surface area contributed by atoms with Gasteiger partial charge >= 0.3 is 0 Å². The third-order valence-corrected chi connectivity index (χ3v) is 2.81. The minimum Gasteiger partial charge on any atom is -0.480 e. The van der Waals surface area contributed by atoms with E-state index >= 15 is 0 Å². The quantitative estimate of drug-likeness (QED) is 0.851. The van der Waals surface area contributed by atoms with E-state index in [0.717, 1.165) is 23.5 Å². The van der Waals surface area contributed by atoms with Gasteiger partial charge in [-0.05, 0) is 36.9 Å². The van der Waals surface area contributed by atoms with Crippen LogP contribution in [-0.2, 0) is 6.42 Å². The Morgan fingerprint density at radius 1 is 1.19 bits per heavy atom. The molecule has 0 amide bonds. The molecule has 0 unspecified atom stereocenters. The molecular formula is C15H17N5O. The molecule has 0 bridgehead atoms. The fraction of sp³-hybridized carbons (Fsp3) is 0.200. The van der Waals surface area contributed by atoms with Gasteiger partial charge in [-0.25, -0.2) is 4.98 Å². The van der Waals surface area contributed by atoms with Crippen molar-refractivity contribution in [3.63, 3.8) is 0 Å². The molecule has 0 aliphatic heterocycles. The van der Waals surface area contributed by atoms with Gasteiger partial charge in [0.15, 0.2) is 0 Å². The molecule has 0 radical (unpaired) electrons. The number of nitrogens with two attached hydrogens (primary N) is 1. The largest absolute Gasteiger partial charge is 0.480 e. The molecule has 108 valence electrons. The summed E-state index contributed by atoms with van der Waals surface area (Å²) in [5, 5.41) is 8.04. The molecule has 0 saturated heterocycles. The summed E-state index contributed by atoms with van der Waals surface area (Å²) >= 11 is 0. The Morgan fingerprint density at radius 3 is 2.62 bits per heavy atom. The summed E-state index contributed by atoms with van der Waals surface area (Å²) in [6.45, 7) is 2.03. The molecule has 2 aromatic rings. The van der Waals surface area contributed by atoms with Crippen LogP contribution in [0.4, 0.5) is 5.69 Å². The maximum absolute atomic E-state index is 5.27. The molecule has 2 aromatic heterocycles. The van der Waals surface area contributed by atoms with Crippen LogP contribution in [0.3, 0.4) is 0 Å². The van der Waals surface area contributed by atoms with Crippen LogP contribution in [-0.4, -0.2) is 28.5 Å². The van der Waals surface area contributed by atoms with Crippen molar-refractivity contribution in [2.24, 2.45) is 10.7 Å². The summed E-state index contributed by atoms with van der Waals surface area (Å²) in [5.41, 5.74) is 8.45. The number of aliphatic imine (C=N–C) groups is 1. The van der Waals surface area contributed by atoms with E-state index in [-0.39, 0.29) is 0 Å². The molecule has 0 spiro atoms. The van der Waals surface area contributed by atoms with Crippen LogP contribution < -0.4 is 10.5 Å². The van der Waals surface area contributed by atoms with Crippen molar-refractivity contribution >= 4 is 11.9 Å². The van der Waals surface area contributed by atoms with E-state index in [1.165, 1.54) is 6.20 Å². The van der Waals surface area contributed by atoms with Gasteiger partial charge in [0.1, 0.15) is 5.69 Å². The zero-order valence-electron chi connectivity index (χ0n) is 12.0. The molecule has 0 aliphatic rings. The number of aryl methyl sites for hydroxylation is 1. The maximum Gasteiger partial charge on any atom is 0.233 e. The first-order valence-corrected chi connectivity index (χ1v) is 6.57. The average molecular weight is 283 g/mol. The van der Waals surface area contributed by atoms with Crippen molar-refractivity contribution in [2.45, 2.75) is 13.3 Å². The molecular weight excluding hydrogens is 266 g/mol. The van der Waals surface area contributed by atoms with Crippen molar-refractivity contribution in [2.75, 3.05) is 7.11 Å². The normalized spacial score (nSPS) is 11.3. The average Bonchev–Trinajstić information content (AvgIpc) is 2.55. The van der Waals surface area contributed by atoms with E-state index in [4.69, 9.17) is 10.5 Å². The van der Waals surface area contributed by atoms with Gasteiger partial charge in [-0.3, -0.25) is 4.99 Å². The lowest BCUT2D eigenvalue weighted by Crippen LogP contribution is -1.96. The van der Waals surface area contributed by atoms with Gasteiger partial charge in [0.2, 0.25) is 5.88 Å². The highest BCUT2D eigenvalue weighted by molar-refractivity contribution is 5.75. The second-order valence-electron chi connectivity index (χ2n) is 4.14. The fourth-order valence-electron chi connectivity index (χ4n) is 1.75. The lowest BCUT2D eigenvalue weighted by Gasteiger charge is -2.05. The highest BCUT2D eigenvalue weighted by Crippen LogP contribution is 2.23. The molecule has 0 aliphatic carbocycles. The topological polar surface area (TPSA) is 86.3 Å². The van der Waals surface area contributed by atoms with E-state index < -0.39 is 0 Å². The number of aromatic nitrogens is 3. The Morgan fingerprint density at radius 2 is 2.00 bits per heavy atom. The van der Waals surface area contributed by atoms with E-state index in [1.807, 2.05) is 25.1 Å². The molecule has 0 fully saturated rings. The summed E-state index contributed by atoms with van der Waals surface area (Å²) in [6.07, 6.45) is 5.52. The van der Waals surface area contributed by atoms with E-state index in [2.05, 4.69) is 20.2 Å². The third kappa shape index (κ3) is 3.62. The van der Waals surface area contributed by atoms with Gasteiger partial charge in [-0.2, -0.15) is 0 Å². The number of hydrogen-bond acceptors (Lipinski definition) is 6. The Hall–Kier alpha value is -2.76. The predicted octanol–water partition coefficient (Wildman–Crippen LogP) is 2.28. The van der Waals surface area contributed by atoms with Crippen LogP contribution >= 0.6 is 0 Å². The van der Waals surface area contributed by atoms with Gasteiger partial charge in [0, 0.05) is 12.3 Å². The van der Waals surface area contributed by atoms with E-state index in [0.29, 0.717) is 11.6 Å². The molecule has 2 heterocycles. The Labute approximate surface area is 123 Å². The minimum atomic E-state index is 0.476. The Balaban J connectivity index is 2.33. The number of allylic oxidation sites excluding steroid dienone is 1. The highest BCUT2D eigenvalue weighted by Gasteiger charge is 2.07. The number of rotatable bonds is 5. The van der Waals surface area contributed by atoms with Gasteiger partial charge in [0.25, 0.3) is 0 Å². The van der Waals surface area contributed by atoms with Crippen molar-refractivity contribution in [1.29, 1.82) is 0 Å². The summed E-state index contributed by atoms with van der Waals surface area (Å²) in [4.78, 5) is 8.90. The summed E-state index contributed by atoms with van der Waals surface area (Å²) in [6, 6.07) is 7.36. The first-order chi connectivity index (χ1) is 10.3. The van der Waals surface area contributed by atoms with Gasteiger partial charge in [0.05, 0.1) is 24.2 Å². The lowest BCUT2D eigenvalue weighted by atomic mass is 10.2. The van der Waals surface area contributed by atoms with Crippen molar-refractivity contribution in [1.82, 2.24) is 15.2 Å². The molecule has 2 N–H and O–H groups in total. The van der Waals surface area contributed by atoms with Gasteiger partial charge in [-0.1, -0.05) is 6.92 Å². The molecule has 0 saturated carbocycles. The highest BCUT2D eigenvalue weighted by atomic mass is 16.5. The zero-order valence-corrected chi connectivity index (χ0v) is 12.0. The standard InChI is InChI=1S/C15H17N5O/c1-3-11-12(17-10-4-9-16)5-6-13(18-11)14-7-8-15(21-2)20-19-14/h4-10H,3,16H2,1-2H3/b9-4-,17-10?. The first-order valence-electron chi connectivity index (χ1n) is 6.57. The van der Waals surface area contributed by atoms with Crippen LogP contribution in [0.1, 0.15) is 12.6 Å². The second-order valence-corrected chi connectivity index (χ2v) is 4.14. The molecule has 6 heteroatoms. The number of hydrogen-bond donors (Lipinski definition) is 1.